The summed E-state index contributed by atoms with van der Waals surface area (Å²) in [5.74, 6) is 0.145. The van der Waals surface area contributed by atoms with Crippen LogP contribution in [-0.2, 0) is 0 Å². The van der Waals surface area contributed by atoms with Gasteiger partial charge in [0.1, 0.15) is 11.6 Å². The van der Waals surface area contributed by atoms with Crippen LogP contribution in [0.15, 0.2) is 36.7 Å². The first-order chi connectivity index (χ1) is 9.13. The van der Waals surface area contributed by atoms with E-state index in [9.17, 15) is 4.39 Å². The van der Waals surface area contributed by atoms with E-state index in [1.54, 1.807) is 30.6 Å². The molecule has 1 aromatic carbocycles. The monoisotopic (exact) mass is 280 g/mol. The first-order valence-corrected chi connectivity index (χ1v) is 6.28. The zero-order valence-electron chi connectivity index (χ0n) is 10.4. The van der Waals surface area contributed by atoms with Gasteiger partial charge in [-0.25, -0.2) is 4.39 Å². The first kappa shape index (κ1) is 13.8. The molecule has 0 aliphatic carbocycles. The van der Waals surface area contributed by atoms with Gasteiger partial charge in [0.05, 0.1) is 23.9 Å². The van der Waals surface area contributed by atoms with Crippen molar-refractivity contribution in [3.05, 3.63) is 58.6 Å². The Bertz CT molecular complexity index is 577. The molecule has 1 atom stereocenters. The van der Waals surface area contributed by atoms with Crippen LogP contribution in [0.5, 0.6) is 5.75 Å². The maximum Gasteiger partial charge on any atom is 0.142 e. The maximum atomic E-state index is 13.4. The van der Waals surface area contributed by atoms with Crippen LogP contribution >= 0.6 is 11.6 Å². The number of ether oxygens (including phenoxy) is 1. The van der Waals surface area contributed by atoms with Crippen molar-refractivity contribution >= 4 is 11.6 Å². The quantitative estimate of drug-likeness (QED) is 0.934. The molecule has 2 N–H and O–H groups in total. The van der Waals surface area contributed by atoms with Crippen LogP contribution < -0.4 is 10.5 Å². The van der Waals surface area contributed by atoms with Gasteiger partial charge in [-0.3, -0.25) is 4.98 Å². The Balaban J connectivity index is 2.35. The predicted molar refractivity (Wildman–Crippen MR) is 72.8 cm³/mol. The topological polar surface area (TPSA) is 48.1 Å². The summed E-state index contributed by atoms with van der Waals surface area (Å²) in [6, 6.07) is 5.81. The van der Waals surface area contributed by atoms with Gasteiger partial charge in [0.25, 0.3) is 0 Å². The van der Waals surface area contributed by atoms with Gasteiger partial charge < -0.3 is 10.5 Å². The molecule has 0 fully saturated rings. The normalized spacial score (nSPS) is 12.2. The summed E-state index contributed by atoms with van der Waals surface area (Å²) in [6.45, 7) is 2.43. The lowest BCUT2D eigenvalue weighted by molar-refractivity contribution is 0.338. The molecule has 5 heteroatoms. The minimum absolute atomic E-state index is 0.0387. The van der Waals surface area contributed by atoms with E-state index in [-0.39, 0.29) is 5.02 Å². The zero-order chi connectivity index (χ0) is 13.8. The van der Waals surface area contributed by atoms with Crippen molar-refractivity contribution in [3.8, 4) is 5.75 Å². The van der Waals surface area contributed by atoms with Crippen LogP contribution in [0.4, 0.5) is 4.39 Å². The SMILES string of the molecule is CCOc1cncc(C(N)c2cccc(F)c2Cl)c1. The Hall–Kier alpha value is -1.65. The van der Waals surface area contributed by atoms with E-state index in [2.05, 4.69) is 4.98 Å². The van der Waals surface area contributed by atoms with Crippen LogP contribution in [0, 0.1) is 5.82 Å². The van der Waals surface area contributed by atoms with Gasteiger partial charge in [0.15, 0.2) is 0 Å². The number of nitrogens with zero attached hydrogens (tertiary/aromatic N) is 1. The van der Waals surface area contributed by atoms with Crippen molar-refractivity contribution in [3.63, 3.8) is 0 Å². The first-order valence-electron chi connectivity index (χ1n) is 5.90. The van der Waals surface area contributed by atoms with Gasteiger partial charge in [-0.15, -0.1) is 0 Å². The van der Waals surface area contributed by atoms with Gasteiger partial charge in [0, 0.05) is 6.20 Å². The fourth-order valence-corrected chi connectivity index (χ4v) is 2.04. The van der Waals surface area contributed by atoms with E-state index in [1.807, 2.05) is 6.92 Å². The molecule has 100 valence electrons. The van der Waals surface area contributed by atoms with E-state index in [0.717, 1.165) is 5.56 Å². The molecular weight excluding hydrogens is 267 g/mol. The molecule has 3 nitrogen and oxygen atoms in total. The van der Waals surface area contributed by atoms with E-state index >= 15 is 0 Å². The third-order valence-electron chi connectivity index (χ3n) is 2.72. The second-order valence-corrected chi connectivity index (χ2v) is 4.39. The highest BCUT2D eigenvalue weighted by Gasteiger charge is 2.15. The highest BCUT2D eigenvalue weighted by atomic mass is 35.5. The third kappa shape index (κ3) is 3.03. The molecule has 0 radical (unpaired) electrons. The fraction of sp³-hybridized carbons (Fsp3) is 0.214. The molecule has 1 unspecified atom stereocenters. The number of hydrogen-bond acceptors (Lipinski definition) is 3. The van der Waals surface area contributed by atoms with Crippen molar-refractivity contribution < 1.29 is 9.13 Å². The van der Waals surface area contributed by atoms with Crippen LogP contribution in [0.2, 0.25) is 5.02 Å². The average molecular weight is 281 g/mol. The highest BCUT2D eigenvalue weighted by Crippen LogP contribution is 2.29. The summed E-state index contributed by atoms with van der Waals surface area (Å²) in [7, 11) is 0. The second kappa shape index (κ2) is 5.99. The maximum absolute atomic E-state index is 13.4. The van der Waals surface area contributed by atoms with E-state index < -0.39 is 11.9 Å². The Morgan fingerprint density at radius 1 is 1.42 bits per heavy atom. The molecule has 2 rings (SSSR count). The molecule has 0 aliphatic rings. The van der Waals surface area contributed by atoms with Crippen LogP contribution in [-0.4, -0.2) is 11.6 Å². The minimum Gasteiger partial charge on any atom is -0.492 e. The van der Waals surface area contributed by atoms with Gasteiger partial charge in [-0.2, -0.15) is 0 Å². The molecule has 1 heterocycles. The molecule has 0 saturated heterocycles. The van der Waals surface area contributed by atoms with Crippen LogP contribution in [0.3, 0.4) is 0 Å². The number of pyridine rings is 1. The predicted octanol–water partition coefficient (Wildman–Crippen LogP) is 3.32. The fourth-order valence-electron chi connectivity index (χ4n) is 1.79. The van der Waals surface area contributed by atoms with E-state index in [0.29, 0.717) is 17.9 Å². The molecule has 2 aromatic rings. The Kier molecular flexibility index (Phi) is 4.35. The van der Waals surface area contributed by atoms with E-state index in [4.69, 9.17) is 22.1 Å². The van der Waals surface area contributed by atoms with Crippen molar-refractivity contribution in [2.45, 2.75) is 13.0 Å². The molecule has 0 aliphatic heterocycles. The minimum atomic E-state index is -0.545. The molecule has 0 amide bonds. The lowest BCUT2D eigenvalue weighted by atomic mass is 10.0. The van der Waals surface area contributed by atoms with Gasteiger partial charge >= 0.3 is 0 Å². The summed E-state index contributed by atoms with van der Waals surface area (Å²) in [4.78, 5) is 4.06. The third-order valence-corrected chi connectivity index (χ3v) is 3.12. The van der Waals surface area contributed by atoms with Crippen LogP contribution in [0.1, 0.15) is 24.1 Å². The standard InChI is InChI=1S/C14H14ClFN2O/c1-2-19-10-6-9(7-18-8-10)14(17)11-4-3-5-12(16)13(11)15/h3-8,14H,2,17H2,1H3. The highest BCUT2D eigenvalue weighted by molar-refractivity contribution is 6.31. The molecule has 19 heavy (non-hydrogen) atoms. The summed E-state index contributed by atoms with van der Waals surface area (Å²) in [5.41, 5.74) is 7.35. The summed E-state index contributed by atoms with van der Waals surface area (Å²) in [6.07, 6.45) is 3.22. The van der Waals surface area contributed by atoms with Gasteiger partial charge in [-0.05, 0) is 30.2 Å². The van der Waals surface area contributed by atoms with Crippen molar-refractivity contribution in [2.75, 3.05) is 6.61 Å². The lowest BCUT2D eigenvalue weighted by Gasteiger charge is -2.15. The van der Waals surface area contributed by atoms with Crippen molar-refractivity contribution in [2.24, 2.45) is 5.73 Å². The number of halogens is 2. The van der Waals surface area contributed by atoms with Gasteiger partial charge in [-0.1, -0.05) is 23.7 Å². The Labute approximate surface area is 116 Å². The molecule has 0 spiro atoms. The number of nitrogens with two attached hydrogens (primary N) is 1. The molecule has 0 bridgehead atoms. The molecule has 0 saturated carbocycles. The number of benzene rings is 1. The number of aromatic nitrogens is 1. The summed E-state index contributed by atoms with van der Waals surface area (Å²) >= 11 is 5.93. The number of rotatable bonds is 4. The average Bonchev–Trinajstić information content (AvgIpc) is 2.42. The molecule has 1 aromatic heterocycles. The Morgan fingerprint density at radius 2 is 2.21 bits per heavy atom. The van der Waals surface area contributed by atoms with Crippen molar-refractivity contribution in [1.29, 1.82) is 0 Å². The van der Waals surface area contributed by atoms with Gasteiger partial charge in [0.2, 0.25) is 0 Å². The summed E-state index contributed by atoms with van der Waals surface area (Å²) < 4.78 is 18.8. The van der Waals surface area contributed by atoms with Crippen LogP contribution in [0.25, 0.3) is 0 Å². The lowest BCUT2D eigenvalue weighted by Crippen LogP contribution is -2.13. The smallest absolute Gasteiger partial charge is 0.142 e. The Morgan fingerprint density at radius 3 is 2.95 bits per heavy atom. The largest absolute Gasteiger partial charge is 0.492 e. The second-order valence-electron chi connectivity index (χ2n) is 4.01. The number of hydrogen-bond donors (Lipinski definition) is 1. The van der Waals surface area contributed by atoms with E-state index in [1.165, 1.54) is 6.07 Å². The summed E-state index contributed by atoms with van der Waals surface area (Å²) in [5, 5.41) is 0.0387. The zero-order valence-corrected chi connectivity index (χ0v) is 11.2. The van der Waals surface area contributed by atoms with Crippen molar-refractivity contribution in [1.82, 2.24) is 4.98 Å². The molecular formula is C14H14ClFN2O.